The minimum atomic E-state index is -4.82. The Morgan fingerprint density at radius 2 is 1.22 bits per heavy atom. The summed E-state index contributed by atoms with van der Waals surface area (Å²) in [5, 5.41) is 10.0. The minimum Gasteiger partial charge on any atom is -0.478 e. The maximum Gasteiger partial charge on any atom is 0.573 e. The number of aryl methyl sites for hydroxylation is 2. The maximum atomic E-state index is 12.5. The molecule has 0 spiro atoms. The third-order valence-electron chi connectivity index (χ3n) is 7.45. The summed E-state index contributed by atoms with van der Waals surface area (Å²) in [5.41, 5.74) is 3.18. The molecule has 51 heavy (non-hydrogen) atoms. The number of hydrogen-bond donors (Lipinski definition) is 1. The van der Waals surface area contributed by atoms with E-state index in [0.717, 1.165) is 24.3 Å². The van der Waals surface area contributed by atoms with Gasteiger partial charge in [-0.1, -0.05) is 12.1 Å². The minimum absolute atomic E-state index is 0.0106. The zero-order valence-electron chi connectivity index (χ0n) is 27.3. The van der Waals surface area contributed by atoms with Crippen LogP contribution in [0.1, 0.15) is 45.1 Å². The average molecular weight is 721 g/mol. The number of ether oxygens (including phenoxy) is 4. The molecule has 2 heterocycles. The fraction of sp³-hybridized carbons (Fsp3) is 0.286. The number of carbonyl (C=O) groups is 1. The Labute approximate surface area is 286 Å². The topological polar surface area (TPSA) is 126 Å². The predicted octanol–water partition coefficient (Wildman–Crippen LogP) is 9.21. The van der Waals surface area contributed by atoms with Gasteiger partial charge in [-0.3, -0.25) is 0 Å². The highest BCUT2D eigenvalue weighted by atomic mass is 19.4. The number of aromatic carboxylic acids is 1. The summed E-state index contributed by atoms with van der Waals surface area (Å²) in [6, 6.07) is 13.5. The van der Waals surface area contributed by atoms with Crippen molar-refractivity contribution in [2.45, 2.75) is 53.1 Å². The van der Waals surface area contributed by atoms with Gasteiger partial charge in [0.2, 0.25) is 11.8 Å². The van der Waals surface area contributed by atoms with Crippen LogP contribution in [0.5, 0.6) is 11.5 Å². The van der Waals surface area contributed by atoms with Crippen LogP contribution < -0.4 is 9.47 Å². The molecule has 5 aromatic rings. The van der Waals surface area contributed by atoms with Gasteiger partial charge in [-0.2, -0.15) is 0 Å². The second kappa shape index (κ2) is 15.3. The molecule has 0 saturated heterocycles. The summed E-state index contributed by atoms with van der Waals surface area (Å²) < 4.78 is 105. The van der Waals surface area contributed by atoms with E-state index in [4.69, 9.17) is 18.3 Å². The van der Waals surface area contributed by atoms with Gasteiger partial charge in [-0.15, -0.1) is 26.3 Å². The van der Waals surface area contributed by atoms with Crippen molar-refractivity contribution in [2.75, 3.05) is 13.2 Å². The lowest BCUT2D eigenvalue weighted by molar-refractivity contribution is -0.275. The summed E-state index contributed by atoms with van der Waals surface area (Å²) in [6.07, 6.45) is -9.14. The van der Waals surface area contributed by atoms with Gasteiger partial charge in [-0.25, -0.2) is 14.8 Å². The number of oxazole rings is 2. The van der Waals surface area contributed by atoms with Crippen molar-refractivity contribution >= 4 is 5.97 Å². The fourth-order valence-electron chi connectivity index (χ4n) is 5.11. The lowest BCUT2D eigenvalue weighted by atomic mass is 9.95. The molecule has 270 valence electrons. The zero-order chi connectivity index (χ0) is 36.9. The molecule has 3 aromatic carbocycles. The van der Waals surface area contributed by atoms with Gasteiger partial charge in [0.25, 0.3) is 0 Å². The average Bonchev–Trinajstić information content (AvgIpc) is 3.61. The standard InChI is InChI=1S/C35H30F6N2O8/c1-19-27(30-21(3)49-32(43-30)23-7-12-26(13-8-23)51-35(39,40)41)14-9-24(29(19)33(44)45)17-46-15-4-16-47-18-28-20(2)48-31(42-28)22-5-10-25(11-6-22)50-34(36,37)38/h5-14H,4,15-18H2,1-3H3,(H,44,45). The van der Waals surface area contributed by atoms with Crippen molar-refractivity contribution in [1.29, 1.82) is 0 Å². The van der Waals surface area contributed by atoms with Crippen LogP contribution >= 0.6 is 0 Å². The van der Waals surface area contributed by atoms with Crippen LogP contribution in [0.4, 0.5) is 26.3 Å². The number of rotatable bonds is 14. The first-order valence-corrected chi connectivity index (χ1v) is 15.3. The molecule has 0 unspecified atom stereocenters. The van der Waals surface area contributed by atoms with Crippen molar-refractivity contribution < 1.29 is 64.0 Å². The van der Waals surface area contributed by atoms with E-state index < -0.39 is 24.4 Å². The molecule has 2 aromatic heterocycles. The van der Waals surface area contributed by atoms with E-state index >= 15 is 0 Å². The van der Waals surface area contributed by atoms with Crippen LogP contribution in [0.15, 0.2) is 69.5 Å². The predicted molar refractivity (Wildman–Crippen MR) is 168 cm³/mol. The Bertz CT molecular complexity index is 1970. The van der Waals surface area contributed by atoms with Crippen LogP contribution in [-0.2, 0) is 22.7 Å². The van der Waals surface area contributed by atoms with E-state index in [-0.39, 0.29) is 42.9 Å². The van der Waals surface area contributed by atoms with Crippen molar-refractivity contribution in [3.63, 3.8) is 0 Å². The van der Waals surface area contributed by atoms with Crippen molar-refractivity contribution in [3.8, 4) is 45.7 Å². The normalized spacial score (nSPS) is 11.9. The maximum absolute atomic E-state index is 12.5. The first kappa shape index (κ1) is 36.9. The summed E-state index contributed by atoms with van der Waals surface area (Å²) in [7, 11) is 0. The monoisotopic (exact) mass is 720 g/mol. The molecule has 0 bridgehead atoms. The van der Waals surface area contributed by atoms with Gasteiger partial charge in [0.1, 0.15) is 34.4 Å². The second-order valence-electron chi connectivity index (χ2n) is 11.1. The van der Waals surface area contributed by atoms with E-state index in [0.29, 0.717) is 63.8 Å². The number of aromatic nitrogens is 2. The molecule has 0 aliphatic carbocycles. The first-order chi connectivity index (χ1) is 24.1. The Kier molecular flexibility index (Phi) is 11.1. The molecule has 5 rings (SSSR count). The number of halogens is 6. The Balaban J connectivity index is 1.13. The van der Waals surface area contributed by atoms with Crippen LogP contribution in [0, 0.1) is 20.8 Å². The lowest BCUT2D eigenvalue weighted by Crippen LogP contribution is -2.16. The van der Waals surface area contributed by atoms with Gasteiger partial charge < -0.3 is 32.9 Å². The number of carboxylic acids is 1. The second-order valence-corrected chi connectivity index (χ2v) is 11.1. The zero-order valence-corrected chi connectivity index (χ0v) is 27.3. The van der Waals surface area contributed by atoms with E-state index in [9.17, 15) is 36.2 Å². The highest BCUT2D eigenvalue weighted by Gasteiger charge is 2.32. The summed E-state index contributed by atoms with van der Waals surface area (Å²) >= 11 is 0. The largest absolute Gasteiger partial charge is 0.573 e. The van der Waals surface area contributed by atoms with Gasteiger partial charge in [0.05, 0.1) is 18.8 Å². The molecule has 0 atom stereocenters. The molecule has 1 N–H and O–H groups in total. The molecular weight excluding hydrogens is 690 g/mol. The number of benzene rings is 3. The highest BCUT2D eigenvalue weighted by Crippen LogP contribution is 2.34. The Morgan fingerprint density at radius 1 is 0.706 bits per heavy atom. The molecule has 0 amide bonds. The number of nitrogens with zero attached hydrogens (tertiary/aromatic N) is 2. The van der Waals surface area contributed by atoms with Gasteiger partial charge in [0.15, 0.2) is 0 Å². The van der Waals surface area contributed by atoms with Crippen molar-refractivity contribution in [1.82, 2.24) is 9.97 Å². The third-order valence-corrected chi connectivity index (χ3v) is 7.45. The number of carboxylic acid groups (broad SMARTS) is 1. The van der Waals surface area contributed by atoms with Crippen molar-refractivity contribution in [3.05, 3.63) is 94.6 Å². The van der Waals surface area contributed by atoms with E-state index in [2.05, 4.69) is 19.4 Å². The van der Waals surface area contributed by atoms with E-state index in [1.807, 2.05) is 0 Å². The van der Waals surface area contributed by atoms with Crippen molar-refractivity contribution in [2.24, 2.45) is 0 Å². The van der Waals surface area contributed by atoms with Crippen LogP contribution in [0.25, 0.3) is 34.2 Å². The van der Waals surface area contributed by atoms with Crippen LogP contribution in [0.3, 0.4) is 0 Å². The lowest BCUT2D eigenvalue weighted by Gasteiger charge is -2.13. The molecule has 0 aliphatic heterocycles. The Morgan fingerprint density at radius 3 is 1.75 bits per heavy atom. The number of hydrogen-bond acceptors (Lipinski definition) is 9. The van der Waals surface area contributed by atoms with Gasteiger partial charge >= 0.3 is 18.7 Å². The molecule has 0 radical (unpaired) electrons. The van der Waals surface area contributed by atoms with E-state index in [1.54, 1.807) is 32.9 Å². The first-order valence-electron chi connectivity index (χ1n) is 15.3. The Hall–Kier alpha value is -5.35. The number of alkyl halides is 6. The molecule has 10 nitrogen and oxygen atoms in total. The van der Waals surface area contributed by atoms with E-state index in [1.165, 1.54) is 24.3 Å². The third kappa shape index (κ3) is 9.67. The molecule has 0 aliphatic rings. The molecule has 16 heteroatoms. The highest BCUT2D eigenvalue weighted by molar-refractivity contribution is 5.93. The van der Waals surface area contributed by atoms with Crippen LogP contribution in [-0.4, -0.2) is 47.0 Å². The van der Waals surface area contributed by atoms with Gasteiger partial charge in [-0.05, 0) is 86.8 Å². The SMILES string of the molecule is Cc1oc(-c2ccc(OC(F)(F)F)cc2)nc1COCCCOCc1ccc(-c2nc(-c3ccc(OC(F)(F)F)cc3)oc2C)c(C)c1C(=O)O. The summed E-state index contributed by atoms with van der Waals surface area (Å²) in [6.45, 7) is 5.66. The fourth-order valence-corrected chi connectivity index (χ4v) is 5.11. The quantitative estimate of drug-likeness (QED) is 0.0877. The smallest absolute Gasteiger partial charge is 0.478 e. The summed E-state index contributed by atoms with van der Waals surface area (Å²) in [5.74, 6) is -0.690. The summed E-state index contributed by atoms with van der Waals surface area (Å²) in [4.78, 5) is 21.1. The molecule has 0 fully saturated rings. The van der Waals surface area contributed by atoms with Crippen LogP contribution in [0.2, 0.25) is 0 Å². The molecule has 0 saturated carbocycles. The molecular formula is C35H30F6N2O8. The van der Waals surface area contributed by atoms with Gasteiger partial charge in [0, 0.05) is 29.9 Å².